The standard InChI is InChI=1S/C15H26N2O/c1-12(2)17(13(3)4)9-8-16-11-14-6-5-7-15(18)10-14/h5-7,10,12-13,16,18H,8-9,11H2,1-4H3. The predicted octanol–water partition coefficient (Wildman–Crippen LogP) is 2.60. The van der Waals surface area contributed by atoms with Gasteiger partial charge in [0.05, 0.1) is 0 Å². The molecule has 0 bridgehead atoms. The van der Waals surface area contributed by atoms with Crippen molar-refractivity contribution in [3.05, 3.63) is 29.8 Å². The normalized spacial score (nSPS) is 11.7. The van der Waals surface area contributed by atoms with E-state index in [2.05, 4.69) is 37.9 Å². The van der Waals surface area contributed by atoms with Gasteiger partial charge >= 0.3 is 0 Å². The first-order chi connectivity index (χ1) is 8.50. The van der Waals surface area contributed by atoms with Crippen LogP contribution in [0.3, 0.4) is 0 Å². The molecule has 0 amide bonds. The first kappa shape index (κ1) is 15.0. The van der Waals surface area contributed by atoms with E-state index in [0.29, 0.717) is 17.8 Å². The molecule has 1 aromatic rings. The van der Waals surface area contributed by atoms with Gasteiger partial charge in [-0.05, 0) is 45.4 Å². The summed E-state index contributed by atoms with van der Waals surface area (Å²) >= 11 is 0. The van der Waals surface area contributed by atoms with E-state index in [1.807, 2.05) is 12.1 Å². The molecule has 0 radical (unpaired) electrons. The number of benzene rings is 1. The van der Waals surface area contributed by atoms with Gasteiger partial charge < -0.3 is 10.4 Å². The molecular formula is C15H26N2O. The van der Waals surface area contributed by atoms with Crippen LogP contribution in [-0.2, 0) is 6.54 Å². The molecule has 1 aromatic carbocycles. The van der Waals surface area contributed by atoms with Gasteiger partial charge in [-0.15, -0.1) is 0 Å². The Labute approximate surface area is 111 Å². The van der Waals surface area contributed by atoms with Gasteiger partial charge in [0.2, 0.25) is 0 Å². The van der Waals surface area contributed by atoms with E-state index in [0.717, 1.165) is 25.2 Å². The second-order valence-corrected chi connectivity index (χ2v) is 5.27. The predicted molar refractivity (Wildman–Crippen MR) is 76.8 cm³/mol. The van der Waals surface area contributed by atoms with Crippen molar-refractivity contribution in [1.82, 2.24) is 10.2 Å². The van der Waals surface area contributed by atoms with Gasteiger partial charge in [0, 0.05) is 31.7 Å². The maximum Gasteiger partial charge on any atom is 0.115 e. The fraction of sp³-hybridized carbons (Fsp3) is 0.600. The van der Waals surface area contributed by atoms with Crippen molar-refractivity contribution in [2.45, 2.75) is 46.3 Å². The summed E-state index contributed by atoms with van der Waals surface area (Å²) in [5.41, 5.74) is 1.12. The van der Waals surface area contributed by atoms with Gasteiger partial charge in [-0.3, -0.25) is 4.90 Å². The van der Waals surface area contributed by atoms with E-state index < -0.39 is 0 Å². The monoisotopic (exact) mass is 250 g/mol. The van der Waals surface area contributed by atoms with Gasteiger partial charge in [0.25, 0.3) is 0 Å². The molecule has 102 valence electrons. The molecule has 0 aliphatic carbocycles. The van der Waals surface area contributed by atoms with Crippen LogP contribution in [0.25, 0.3) is 0 Å². The highest BCUT2D eigenvalue weighted by atomic mass is 16.3. The molecule has 0 saturated carbocycles. The van der Waals surface area contributed by atoms with Crippen LogP contribution >= 0.6 is 0 Å². The van der Waals surface area contributed by atoms with Crippen molar-refractivity contribution in [1.29, 1.82) is 0 Å². The smallest absolute Gasteiger partial charge is 0.115 e. The highest BCUT2D eigenvalue weighted by Gasteiger charge is 2.11. The van der Waals surface area contributed by atoms with Crippen LogP contribution in [0.4, 0.5) is 0 Å². The fourth-order valence-electron chi connectivity index (χ4n) is 2.22. The van der Waals surface area contributed by atoms with E-state index in [4.69, 9.17) is 0 Å². The molecule has 0 unspecified atom stereocenters. The summed E-state index contributed by atoms with van der Waals surface area (Å²) in [6.45, 7) is 11.7. The van der Waals surface area contributed by atoms with Crippen LogP contribution in [0.2, 0.25) is 0 Å². The van der Waals surface area contributed by atoms with E-state index in [-0.39, 0.29) is 0 Å². The third-order valence-electron chi connectivity index (χ3n) is 3.11. The van der Waals surface area contributed by atoms with E-state index in [9.17, 15) is 5.11 Å². The molecule has 1 rings (SSSR count). The molecule has 18 heavy (non-hydrogen) atoms. The largest absolute Gasteiger partial charge is 0.508 e. The number of nitrogens with zero attached hydrogens (tertiary/aromatic N) is 1. The van der Waals surface area contributed by atoms with Crippen LogP contribution < -0.4 is 5.32 Å². The zero-order chi connectivity index (χ0) is 13.5. The Morgan fingerprint density at radius 3 is 2.39 bits per heavy atom. The van der Waals surface area contributed by atoms with E-state index in [1.54, 1.807) is 12.1 Å². The maximum absolute atomic E-state index is 9.37. The summed E-state index contributed by atoms with van der Waals surface area (Å²) in [6.07, 6.45) is 0. The summed E-state index contributed by atoms with van der Waals surface area (Å²) in [7, 11) is 0. The summed E-state index contributed by atoms with van der Waals surface area (Å²) in [5.74, 6) is 0.334. The van der Waals surface area contributed by atoms with Gasteiger partial charge in [0.1, 0.15) is 5.75 Å². The number of phenols is 1. The van der Waals surface area contributed by atoms with Crippen LogP contribution in [0.5, 0.6) is 5.75 Å². The molecule has 0 spiro atoms. The number of rotatable bonds is 7. The Kier molecular flexibility index (Phi) is 6.16. The lowest BCUT2D eigenvalue weighted by Gasteiger charge is -2.30. The maximum atomic E-state index is 9.37. The van der Waals surface area contributed by atoms with Crippen LogP contribution in [0.1, 0.15) is 33.3 Å². The van der Waals surface area contributed by atoms with Crippen LogP contribution in [-0.4, -0.2) is 35.2 Å². The van der Waals surface area contributed by atoms with Crippen LogP contribution in [0, 0.1) is 0 Å². The molecule has 3 nitrogen and oxygen atoms in total. The Bertz CT molecular complexity index is 342. The Hall–Kier alpha value is -1.06. The van der Waals surface area contributed by atoms with Crippen molar-refractivity contribution in [3.8, 4) is 5.75 Å². The molecule has 0 aromatic heterocycles. The highest BCUT2D eigenvalue weighted by molar-refractivity contribution is 5.26. The SMILES string of the molecule is CC(C)N(CCNCc1cccc(O)c1)C(C)C. The van der Waals surface area contributed by atoms with Crippen molar-refractivity contribution >= 4 is 0 Å². The number of nitrogens with one attached hydrogen (secondary N) is 1. The Morgan fingerprint density at radius 1 is 1.17 bits per heavy atom. The lowest BCUT2D eigenvalue weighted by atomic mass is 10.2. The Morgan fingerprint density at radius 2 is 1.83 bits per heavy atom. The Balaban J connectivity index is 2.30. The minimum absolute atomic E-state index is 0.334. The molecule has 0 atom stereocenters. The second kappa shape index (κ2) is 7.39. The van der Waals surface area contributed by atoms with Gasteiger partial charge in [-0.25, -0.2) is 0 Å². The number of hydrogen-bond donors (Lipinski definition) is 2. The topological polar surface area (TPSA) is 35.5 Å². The second-order valence-electron chi connectivity index (χ2n) is 5.27. The molecule has 0 fully saturated rings. The molecule has 0 saturated heterocycles. The van der Waals surface area contributed by atoms with Gasteiger partial charge in [-0.2, -0.15) is 0 Å². The summed E-state index contributed by atoms with van der Waals surface area (Å²) < 4.78 is 0. The third kappa shape index (κ3) is 5.07. The zero-order valence-electron chi connectivity index (χ0n) is 12.0. The van der Waals surface area contributed by atoms with Crippen molar-refractivity contribution in [2.75, 3.05) is 13.1 Å². The third-order valence-corrected chi connectivity index (χ3v) is 3.11. The minimum Gasteiger partial charge on any atom is -0.508 e. The molecule has 0 aliphatic heterocycles. The number of aromatic hydroxyl groups is 1. The van der Waals surface area contributed by atoms with Crippen LogP contribution in [0.15, 0.2) is 24.3 Å². The first-order valence-corrected chi connectivity index (χ1v) is 6.75. The summed E-state index contributed by atoms with van der Waals surface area (Å²) in [5, 5.41) is 12.8. The van der Waals surface area contributed by atoms with Crippen molar-refractivity contribution < 1.29 is 5.11 Å². The molecular weight excluding hydrogens is 224 g/mol. The number of hydrogen-bond acceptors (Lipinski definition) is 3. The zero-order valence-corrected chi connectivity index (χ0v) is 12.0. The van der Waals surface area contributed by atoms with E-state index >= 15 is 0 Å². The molecule has 0 heterocycles. The molecule has 3 heteroatoms. The first-order valence-electron chi connectivity index (χ1n) is 6.75. The lowest BCUT2D eigenvalue weighted by Crippen LogP contribution is -2.41. The molecule has 2 N–H and O–H groups in total. The average Bonchev–Trinajstić information content (AvgIpc) is 2.27. The molecule has 0 aliphatic rings. The summed E-state index contributed by atoms with van der Waals surface area (Å²) in [6, 6.07) is 8.55. The fourth-order valence-corrected chi connectivity index (χ4v) is 2.22. The van der Waals surface area contributed by atoms with E-state index in [1.165, 1.54) is 0 Å². The lowest BCUT2D eigenvalue weighted by molar-refractivity contribution is 0.176. The van der Waals surface area contributed by atoms with Crippen molar-refractivity contribution in [3.63, 3.8) is 0 Å². The van der Waals surface area contributed by atoms with Crippen molar-refractivity contribution in [2.24, 2.45) is 0 Å². The summed E-state index contributed by atoms with van der Waals surface area (Å²) in [4.78, 5) is 2.47. The highest BCUT2D eigenvalue weighted by Crippen LogP contribution is 2.10. The number of phenolic OH excluding ortho intramolecular Hbond substituents is 1. The van der Waals surface area contributed by atoms with Gasteiger partial charge in [0.15, 0.2) is 0 Å². The van der Waals surface area contributed by atoms with Gasteiger partial charge in [-0.1, -0.05) is 12.1 Å². The quantitative estimate of drug-likeness (QED) is 0.730. The average molecular weight is 250 g/mol. The minimum atomic E-state index is 0.334.